The Kier molecular flexibility index (Phi) is 3.17. The smallest absolute Gasteiger partial charge is 0.150 e. The SMILES string of the molecule is C=CCC(O)(c1ccc2ccccc2c1)c1ccco1. The number of rotatable bonds is 4. The zero-order valence-electron chi connectivity index (χ0n) is 11.1. The summed E-state index contributed by atoms with van der Waals surface area (Å²) in [7, 11) is 0. The second kappa shape index (κ2) is 4.99. The Morgan fingerprint density at radius 1 is 1.05 bits per heavy atom. The molecule has 3 rings (SSSR count). The molecular weight excluding hydrogens is 248 g/mol. The van der Waals surface area contributed by atoms with Crippen molar-refractivity contribution in [1.29, 1.82) is 0 Å². The Bertz CT molecular complexity index is 728. The van der Waals surface area contributed by atoms with Crippen LogP contribution >= 0.6 is 0 Å². The summed E-state index contributed by atoms with van der Waals surface area (Å²) < 4.78 is 5.42. The van der Waals surface area contributed by atoms with Crippen LogP contribution in [0.2, 0.25) is 0 Å². The van der Waals surface area contributed by atoms with Gasteiger partial charge in [-0.1, -0.05) is 42.5 Å². The van der Waals surface area contributed by atoms with Crippen molar-refractivity contribution in [2.24, 2.45) is 0 Å². The highest BCUT2D eigenvalue weighted by Gasteiger charge is 2.33. The van der Waals surface area contributed by atoms with Gasteiger partial charge in [0.1, 0.15) is 5.76 Å². The number of benzene rings is 2. The molecule has 2 aromatic carbocycles. The van der Waals surface area contributed by atoms with Gasteiger partial charge in [0.2, 0.25) is 0 Å². The zero-order valence-corrected chi connectivity index (χ0v) is 11.1. The first-order valence-corrected chi connectivity index (χ1v) is 6.60. The van der Waals surface area contributed by atoms with E-state index in [9.17, 15) is 5.11 Å². The van der Waals surface area contributed by atoms with Crippen LogP contribution in [0.25, 0.3) is 10.8 Å². The fraction of sp³-hybridized carbons (Fsp3) is 0.111. The van der Waals surface area contributed by atoms with Gasteiger partial charge in [0.25, 0.3) is 0 Å². The van der Waals surface area contributed by atoms with E-state index in [2.05, 4.69) is 12.6 Å². The molecule has 0 aliphatic rings. The van der Waals surface area contributed by atoms with E-state index < -0.39 is 5.60 Å². The summed E-state index contributed by atoms with van der Waals surface area (Å²) in [5.41, 5.74) is -0.360. The minimum atomic E-state index is -1.17. The Labute approximate surface area is 118 Å². The van der Waals surface area contributed by atoms with E-state index >= 15 is 0 Å². The molecule has 0 saturated heterocycles. The number of furan rings is 1. The van der Waals surface area contributed by atoms with Crippen molar-refractivity contribution in [2.75, 3.05) is 0 Å². The third kappa shape index (κ3) is 2.04. The molecule has 1 N–H and O–H groups in total. The first-order chi connectivity index (χ1) is 9.74. The van der Waals surface area contributed by atoms with Gasteiger partial charge in [-0.25, -0.2) is 0 Å². The highest BCUT2D eigenvalue weighted by Crippen LogP contribution is 2.35. The topological polar surface area (TPSA) is 33.4 Å². The van der Waals surface area contributed by atoms with Crippen LogP contribution < -0.4 is 0 Å². The molecule has 0 amide bonds. The lowest BCUT2D eigenvalue weighted by atomic mass is 9.87. The molecule has 0 saturated carbocycles. The summed E-state index contributed by atoms with van der Waals surface area (Å²) >= 11 is 0. The van der Waals surface area contributed by atoms with Crippen molar-refractivity contribution in [3.8, 4) is 0 Å². The van der Waals surface area contributed by atoms with Gasteiger partial charge in [0.15, 0.2) is 5.60 Å². The largest absolute Gasteiger partial charge is 0.466 e. The highest BCUT2D eigenvalue weighted by atomic mass is 16.4. The summed E-state index contributed by atoms with van der Waals surface area (Å²) in [6, 6.07) is 17.6. The molecule has 1 atom stereocenters. The minimum absolute atomic E-state index is 0.402. The molecule has 20 heavy (non-hydrogen) atoms. The van der Waals surface area contributed by atoms with Crippen LogP contribution in [-0.4, -0.2) is 5.11 Å². The van der Waals surface area contributed by atoms with Crippen LogP contribution in [0.4, 0.5) is 0 Å². The lowest BCUT2D eigenvalue weighted by molar-refractivity contribution is 0.0600. The predicted molar refractivity (Wildman–Crippen MR) is 80.5 cm³/mol. The van der Waals surface area contributed by atoms with Crippen molar-refractivity contribution in [3.63, 3.8) is 0 Å². The van der Waals surface area contributed by atoms with Crippen LogP contribution in [0.3, 0.4) is 0 Å². The van der Waals surface area contributed by atoms with Gasteiger partial charge in [-0.3, -0.25) is 0 Å². The van der Waals surface area contributed by atoms with Gasteiger partial charge in [-0.05, 0) is 34.5 Å². The second-order valence-electron chi connectivity index (χ2n) is 4.89. The molecule has 2 nitrogen and oxygen atoms in total. The molecule has 0 bridgehead atoms. The third-order valence-electron chi connectivity index (χ3n) is 3.60. The lowest BCUT2D eigenvalue weighted by Gasteiger charge is -2.25. The van der Waals surface area contributed by atoms with Crippen LogP contribution in [-0.2, 0) is 5.60 Å². The van der Waals surface area contributed by atoms with Crippen LogP contribution in [0.15, 0.2) is 77.9 Å². The van der Waals surface area contributed by atoms with Crippen LogP contribution in [0.5, 0.6) is 0 Å². The van der Waals surface area contributed by atoms with Crippen LogP contribution in [0.1, 0.15) is 17.7 Å². The Balaban J connectivity index is 2.16. The van der Waals surface area contributed by atoms with Crippen molar-refractivity contribution >= 4 is 10.8 Å². The standard InChI is InChI=1S/C18H16O2/c1-2-11-18(19,17-8-5-12-20-17)16-10-9-14-6-3-4-7-15(14)13-16/h2-10,12-13,19H,1,11H2. The number of fused-ring (bicyclic) bond motifs is 1. The van der Waals surface area contributed by atoms with Crippen LogP contribution in [0, 0.1) is 0 Å². The minimum Gasteiger partial charge on any atom is -0.466 e. The molecule has 100 valence electrons. The number of aliphatic hydroxyl groups is 1. The average Bonchev–Trinajstić information content (AvgIpc) is 3.02. The molecule has 0 radical (unpaired) electrons. The van der Waals surface area contributed by atoms with Gasteiger partial charge >= 0.3 is 0 Å². The van der Waals surface area contributed by atoms with E-state index in [0.29, 0.717) is 12.2 Å². The summed E-state index contributed by atoms with van der Waals surface area (Å²) in [6.07, 6.45) is 3.68. The lowest BCUT2D eigenvalue weighted by Crippen LogP contribution is -2.25. The first kappa shape index (κ1) is 12.7. The molecule has 1 heterocycles. The summed E-state index contributed by atoms with van der Waals surface area (Å²) in [4.78, 5) is 0. The molecule has 0 fully saturated rings. The van der Waals surface area contributed by atoms with E-state index in [-0.39, 0.29) is 0 Å². The molecule has 0 aliphatic heterocycles. The molecule has 1 unspecified atom stereocenters. The number of hydrogen-bond donors (Lipinski definition) is 1. The maximum Gasteiger partial charge on any atom is 0.150 e. The van der Waals surface area contributed by atoms with Gasteiger partial charge in [0, 0.05) is 6.42 Å². The molecule has 3 aromatic rings. The second-order valence-corrected chi connectivity index (χ2v) is 4.89. The van der Waals surface area contributed by atoms with Crippen molar-refractivity contribution < 1.29 is 9.52 Å². The molecule has 0 aliphatic carbocycles. The van der Waals surface area contributed by atoms with Gasteiger partial charge in [0.05, 0.1) is 6.26 Å². The van der Waals surface area contributed by atoms with E-state index in [1.165, 1.54) is 0 Å². The van der Waals surface area contributed by atoms with E-state index in [1.807, 2.05) is 36.4 Å². The Hall–Kier alpha value is -2.32. The zero-order chi connectivity index (χ0) is 14.0. The summed E-state index contributed by atoms with van der Waals surface area (Å²) in [5, 5.41) is 13.3. The normalized spacial score (nSPS) is 14.1. The fourth-order valence-corrected chi connectivity index (χ4v) is 2.53. The van der Waals surface area contributed by atoms with Gasteiger partial charge in [-0.2, -0.15) is 0 Å². The fourth-order valence-electron chi connectivity index (χ4n) is 2.53. The average molecular weight is 264 g/mol. The van der Waals surface area contributed by atoms with E-state index in [1.54, 1.807) is 24.5 Å². The van der Waals surface area contributed by atoms with Gasteiger partial charge < -0.3 is 9.52 Å². The highest BCUT2D eigenvalue weighted by molar-refractivity contribution is 5.83. The summed E-state index contributed by atoms with van der Waals surface area (Å²) in [5.74, 6) is 0.535. The monoisotopic (exact) mass is 264 g/mol. The van der Waals surface area contributed by atoms with E-state index in [4.69, 9.17) is 4.42 Å². The van der Waals surface area contributed by atoms with Gasteiger partial charge in [-0.15, -0.1) is 6.58 Å². The quantitative estimate of drug-likeness (QED) is 0.715. The Morgan fingerprint density at radius 2 is 1.85 bits per heavy atom. The Morgan fingerprint density at radius 3 is 2.55 bits per heavy atom. The molecular formula is C18H16O2. The third-order valence-corrected chi connectivity index (χ3v) is 3.60. The van der Waals surface area contributed by atoms with Crippen molar-refractivity contribution in [2.45, 2.75) is 12.0 Å². The first-order valence-electron chi connectivity index (χ1n) is 6.60. The predicted octanol–water partition coefficient (Wildman–Crippen LogP) is 4.24. The number of hydrogen-bond acceptors (Lipinski definition) is 2. The van der Waals surface area contributed by atoms with Crippen molar-refractivity contribution in [3.05, 3.63) is 84.8 Å². The maximum absolute atomic E-state index is 11.0. The molecule has 0 spiro atoms. The van der Waals surface area contributed by atoms with E-state index in [0.717, 1.165) is 16.3 Å². The van der Waals surface area contributed by atoms with Crippen molar-refractivity contribution in [1.82, 2.24) is 0 Å². The maximum atomic E-state index is 11.0. The molecule has 2 heteroatoms. The summed E-state index contributed by atoms with van der Waals surface area (Å²) in [6.45, 7) is 3.74. The molecule has 1 aromatic heterocycles.